The third kappa shape index (κ3) is 3.50. The number of fused-ring (bicyclic) bond motifs is 8. The molecule has 0 radical (unpaired) electrons. The van der Waals surface area contributed by atoms with Crippen LogP contribution in [0.2, 0.25) is 0 Å². The maximum absolute atomic E-state index is 11.0. The Morgan fingerprint density at radius 2 is 1.33 bits per heavy atom. The number of hydrogen-bond donors (Lipinski definition) is 6. The molecular weight excluding hydrogens is 504 g/mol. The zero-order chi connectivity index (χ0) is 27.1. The predicted octanol–water partition coefficient (Wildman–Crippen LogP) is 4.41. The minimum atomic E-state index is -1.40. The van der Waals surface area contributed by atoms with Gasteiger partial charge in [-0.3, -0.25) is 0 Å². The van der Waals surface area contributed by atoms with Crippen molar-refractivity contribution < 1.29 is 44.8 Å². The molecule has 4 aromatic rings. The first kappa shape index (κ1) is 23.4. The predicted molar refractivity (Wildman–Crippen MR) is 137 cm³/mol. The molecule has 198 valence electrons. The first-order chi connectivity index (χ1) is 18.7. The fourth-order valence-corrected chi connectivity index (χ4v) is 5.96. The second kappa shape index (κ2) is 8.12. The zero-order valence-electron chi connectivity index (χ0n) is 20.4. The highest BCUT2D eigenvalue weighted by Crippen LogP contribution is 2.62. The van der Waals surface area contributed by atoms with E-state index in [0.717, 1.165) is 0 Å². The molecule has 2 bridgehead atoms. The average Bonchev–Trinajstić information content (AvgIpc) is 2.89. The number of ether oxygens (including phenoxy) is 3. The highest BCUT2D eigenvalue weighted by Gasteiger charge is 2.53. The lowest BCUT2D eigenvalue weighted by molar-refractivity contribution is -0.149. The molecule has 3 aliphatic heterocycles. The Morgan fingerprint density at radius 3 is 2.03 bits per heavy atom. The second-order valence-electron chi connectivity index (χ2n) is 10.2. The van der Waals surface area contributed by atoms with Gasteiger partial charge in [-0.15, -0.1) is 0 Å². The lowest BCUT2D eigenvalue weighted by Crippen LogP contribution is -2.47. The molecule has 3 aliphatic rings. The summed E-state index contributed by atoms with van der Waals surface area (Å²) in [5.74, 6) is -1.46. The van der Waals surface area contributed by atoms with Crippen molar-refractivity contribution in [3.05, 3.63) is 94.5 Å². The maximum Gasteiger partial charge on any atom is 0.278 e. The monoisotopic (exact) mass is 528 g/mol. The molecule has 0 amide bonds. The molecule has 0 saturated heterocycles. The van der Waals surface area contributed by atoms with Gasteiger partial charge >= 0.3 is 0 Å². The Bertz CT molecular complexity index is 1610. The Labute approximate surface area is 222 Å². The van der Waals surface area contributed by atoms with Gasteiger partial charge in [0.2, 0.25) is 0 Å². The van der Waals surface area contributed by atoms with Crippen molar-refractivity contribution in [3.8, 4) is 46.0 Å². The van der Waals surface area contributed by atoms with Crippen molar-refractivity contribution in [1.29, 1.82) is 0 Å². The summed E-state index contributed by atoms with van der Waals surface area (Å²) in [5.41, 5.74) is 2.62. The van der Waals surface area contributed by atoms with Crippen molar-refractivity contribution in [3.63, 3.8) is 0 Å². The van der Waals surface area contributed by atoms with E-state index in [1.54, 1.807) is 24.3 Å². The Kier molecular flexibility index (Phi) is 4.86. The van der Waals surface area contributed by atoms with Crippen LogP contribution in [0.15, 0.2) is 66.7 Å². The lowest BCUT2D eigenvalue weighted by atomic mass is 9.76. The quantitative estimate of drug-likeness (QED) is 0.222. The summed E-state index contributed by atoms with van der Waals surface area (Å²) in [7, 11) is 0. The van der Waals surface area contributed by atoms with Crippen molar-refractivity contribution in [2.24, 2.45) is 0 Å². The summed E-state index contributed by atoms with van der Waals surface area (Å²) in [6, 6.07) is 16.8. The fraction of sp³-hybridized carbons (Fsp3) is 0.200. The van der Waals surface area contributed by atoms with Crippen LogP contribution in [-0.2, 0) is 12.2 Å². The molecule has 4 atom stereocenters. The van der Waals surface area contributed by atoms with Gasteiger partial charge in [-0.05, 0) is 42.0 Å². The van der Waals surface area contributed by atoms with Crippen LogP contribution < -0.4 is 14.2 Å². The topological polar surface area (TPSA) is 149 Å². The number of aromatic hydroxyl groups is 5. The van der Waals surface area contributed by atoms with Gasteiger partial charge in [0.05, 0.1) is 6.10 Å². The van der Waals surface area contributed by atoms with Crippen LogP contribution in [0.25, 0.3) is 0 Å². The number of benzene rings is 4. The van der Waals surface area contributed by atoms with Crippen molar-refractivity contribution >= 4 is 0 Å². The van der Waals surface area contributed by atoms with E-state index >= 15 is 0 Å². The number of hydrogen-bond acceptors (Lipinski definition) is 9. The minimum Gasteiger partial charge on any atom is -0.508 e. The standard InChI is InChI=1S/C30H24O9/c31-16-5-1-14(2-6-16)28-23(36)11-19-21(34)12-25-27(29(19)37-28)20-13-30(39-25,15-3-7-17(32)8-4-15)38-24-10-18(33)9-22(35)26(20)24/h1-10,12,20,23,28,31-36H,11,13H2/t20?,23-,28-,30+/m1/s1. The highest BCUT2D eigenvalue weighted by atomic mass is 16.7. The van der Waals surface area contributed by atoms with Crippen LogP contribution in [0.3, 0.4) is 0 Å². The molecule has 7 rings (SSSR count). The molecule has 6 N–H and O–H groups in total. The molecule has 9 nitrogen and oxygen atoms in total. The number of aliphatic hydroxyl groups is 1. The van der Waals surface area contributed by atoms with Crippen LogP contribution in [0, 0.1) is 0 Å². The molecule has 0 aromatic heterocycles. The van der Waals surface area contributed by atoms with Gasteiger partial charge in [-0.25, -0.2) is 0 Å². The fourth-order valence-electron chi connectivity index (χ4n) is 5.96. The minimum absolute atomic E-state index is 0.0633. The third-order valence-corrected chi connectivity index (χ3v) is 7.72. The summed E-state index contributed by atoms with van der Waals surface area (Å²) in [5, 5.41) is 62.7. The molecule has 4 aromatic carbocycles. The highest BCUT2D eigenvalue weighted by molar-refractivity contribution is 5.67. The Morgan fingerprint density at radius 1 is 0.692 bits per heavy atom. The van der Waals surface area contributed by atoms with Gasteiger partial charge in [-0.1, -0.05) is 12.1 Å². The third-order valence-electron chi connectivity index (χ3n) is 7.72. The molecule has 0 fully saturated rings. The maximum atomic E-state index is 11.0. The SMILES string of the molecule is Oc1ccc([C@H]2Oc3c(c(O)cc4c3C3C[C@](c5ccc(O)cc5)(Oc5cc(O)cc(O)c53)O4)C[C@H]2O)cc1. The van der Waals surface area contributed by atoms with Crippen LogP contribution in [0.5, 0.6) is 46.0 Å². The number of rotatable bonds is 2. The molecular formula is C30H24O9. The Hall–Kier alpha value is -4.76. The number of phenolic OH excluding ortho intramolecular Hbond substituents is 5. The van der Waals surface area contributed by atoms with Crippen LogP contribution in [0.1, 0.15) is 46.3 Å². The largest absolute Gasteiger partial charge is 0.508 e. The summed E-state index contributed by atoms with van der Waals surface area (Å²) >= 11 is 0. The van der Waals surface area contributed by atoms with E-state index in [1.165, 1.54) is 42.5 Å². The molecule has 0 saturated carbocycles. The second-order valence-corrected chi connectivity index (χ2v) is 10.2. The van der Waals surface area contributed by atoms with Crippen molar-refractivity contribution in [1.82, 2.24) is 0 Å². The van der Waals surface area contributed by atoms with E-state index in [2.05, 4.69) is 0 Å². The van der Waals surface area contributed by atoms with Gasteiger partial charge in [0, 0.05) is 59.2 Å². The smallest absolute Gasteiger partial charge is 0.278 e. The van der Waals surface area contributed by atoms with E-state index in [1.807, 2.05) is 0 Å². The molecule has 0 aliphatic carbocycles. The molecule has 0 spiro atoms. The molecule has 3 heterocycles. The summed E-state index contributed by atoms with van der Waals surface area (Å²) in [6.07, 6.45) is -1.46. The van der Waals surface area contributed by atoms with Crippen molar-refractivity contribution in [2.75, 3.05) is 0 Å². The zero-order valence-corrected chi connectivity index (χ0v) is 20.4. The van der Waals surface area contributed by atoms with Gasteiger partial charge < -0.3 is 44.8 Å². The Balaban J connectivity index is 1.44. The van der Waals surface area contributed by atoms with Crippen LogP contribution in [0.4, 0.5) is 0 Å². The summed E-state index contributed by atoms with van der Waals surface area (Å²) < 4.78 is 19.2. The average molecular weight is 529 g/mol. The van der Waals surface area contributed by atoms with E-state index in [0.29, 0.717) is 33.6 Å². The van der Waals surface area contributed by atoms with Gasteiger partial charge in [0.15, 0.2) is 0 Å². The van der Waals surface area contributed by atoms with Crippen molar-refractivity contribution in [2.45, 2.75) is 36.8 Å². The normalized spacial score (nSPS) is 24.3. The van der Waals surface area contributed by atoms with E-state index in [9.17, 15) is 30.6 Å². The first-order valence-corrected chi connectivity index (χ1v) is 12.5. The summed E-state index contributed by atoms with van der Waals surface area (Å²) in [6.45, 7) is 0. The van der Waals surface area contributed by atoms with E-state index in [4.69, 9.17) is 14.2 Å². The first-order valence-electron chi connectivity index (χ1n) is 12.5. The van der Waals surface area contributed by atoms with Gasteiger partial charge in [-0.2, -0.15) is 0 Å². The molecule has 1 unspecified atom stereocenters. The number of aliphatic hydroxyl groups excluding tert-OH is 1. The van der Waals surface area contributed by atoms with Gasteiger partial charge in [0.1, 0.15) is 52.1 Å². The van der Waals surface area contributed by atoms with E-state index in [-0.39, 0.29) is 53.1 Å². The number of phenols is 5. The van der Waals surface area contributed by atoms with Crippen LogP contribution >= 0.6 is 0 Å². The van der Waals surface area contributed by atoms with Crippen LogP contribution in [-0.4, -0.2) is 36.7 Å². The molecule has 39 heavy (non-hydrogen) atoms. The van der Waals surface area contributed by atoms with Gasteiger partial charge in [0.25, 0.3) is 5.79 Å². The molecule has 9 heteroatoms. The van der Waals surface area contributed by atoms with E-state index < -0.39 is 23.9 Å². The summed E-state index contributed by atoms with van der Waals surface area (Å²) in [4.78, 5) is 0. The lowest BCUT2D eigenvalue weighted by Gasteiger charge is -2.47.